The van der Waals surface area contributed by atoms with Gasteiger partial charge in [-0.05, 0) is 12.1 Å². The van der Waals surface area contributed by atoms with Crippen LogP contribution >= 0.6 is 0 Å². The van der Waals surface area contributed by atoms with E-state index >= 15 is 0 Å². The summed E-state index contributed by atoms with van der Waals surface area (Å²) in [6, 6.07) is 9.90. The first kappa shape index (κ1) is 14.3. The third-order valence-electron chi connectivity index (χ3n) is 3.62. The highest BCUT2D eigenvalue weighted by atomic mass is 16.5. The summed E-state index contributed by atoms with van der Waals surface area (Å²) in [6.45, 7) is 0. The molecule has 5 heteroatoms. The van der Waals surface area contributed by atoms with Crippen molar-refractivity contribution in [3.05, 3.63) is 30.3 Å². The van der Waals surface area contributed by atoms with Crippen LogP contribution in [0.25, 0.3) is 21.8 Å². The van der Waals surface area contributed by atoms with Crippen LogP contribution < -0.4 is 18.9 Å². The summed E-state index contributed by atoms with van der Waals surface area (Å²) >= 11 is 0. The highest BCUT2D eigenvalue weighted by Crippen LogP contribution is 2.50. The minimum atomic E-state index is 0.470. The Bertz CT molecular complexity index is 775. The van der Waals surface area contributed by atoms with Crippen LogP contribution in [0.5, 0.6) is 23.0 Å². The maximum Gasteiger partial charge on any atom is 0.209 e. The van der Waals surface area contributed by atoms with Crippen molar-refractivity contribution in [1.29, 1.82) is 0 Å². The smallest absolute Gasteiger partial charge is 0.209 e. The second kappa shape index (κ2) is 5.60. The van der Waals surface area contributed by atoms with Gasteiger partial charge in [0.2, 0.25) is 11.5 Å². The summed E-state index contributed by atoms with van der Waals surface area (Å²) in [5, 5.41) is 1.83. The molecule has 3 rings (SSSR count). The van der Waals surface area contributed by atoms with E-state index in [1.54, 1.807) is 28.4 Å². The molecule has 3 aromatic rings. The van der Waals surface area contributed by atoms with E-state index in [2.05, 4.69) is 0 Å². The molecule has 114 valence electrons. The molecule has 0 amide bonds. The molecule has 0 bridgehead atoms. The van der Waals surface area contributed by atoms with E-state index < -0.39 is 0 Å². The number of benzene rings is 2. The van der Waals surface area contributed by atoms with Gasteiger partial charge in [0.05, 0.1) is 39.3 Å². The highest BCUT2D eigenvalue weighted by Gasteiger charge is 2.24. The average Bonchev–Trinajstić information content (AvgIpc) is 2.57. The van der Waals surface area contributed by atoms with Crippen LogP contribution in [0.2, 0.25) is 0 Å². The lowest BCUT2D eigenvalue weighted by atomic mass is 10.1. The largest absolute Gasteiger partial charge is 0.492 e. The highest BCUT2D eigenvalue weighted by molar-refractivity contribution is 6.02. The molecule has 0 radical (unpaired) electrons. The van der Waals surface area contributed by atoms with Crippen molar-refractivity contribution in [3.8, 4) is 23.0 Å². The predicted molar refractivity (Wildman–Crippen MR) is 85.5 cm³/mol. The van der Waals surface area contributed by atoms with E-state index in [0.717, 1.165) is 16.3 Å². The van der Waals surface area contributed by atoms with Crippen molar-refractivity contribution < 1.29 is 18.9 Å². The molecule has 0 aliphatic heterocycles. The van der Waals surface area contributed by atoms with Gasteiger partial charge >= 0.3 is 0 Å². The summed E-state index contributed by atoms with van der Waals surface area (Å²) < 4.78 is 22.0. The number of methoxy groups -OCH3 is 4. The fraction of sp³-hybridized carbons (Fsp3) is 0.235. The zero-order valence-electron chi connectivity index (χ0n) is 13.0. The number of para-hydroxylation sites is 1. The van der Waals surface area contributed by atoms with Gasteiger partial charge in [-0.1, -0.05) is 18.2 Å². The van der Waals surface area contributed by atoms with Gasteiger partial charge in [0, 0.05) is 5.39 Å². The molecular weight excluding hydrogens is 282 g/mol. The molecule has 0 aliphatic rings. The van der Waals surface area contributed by atoms with Gasteiger partial charge in [-0.3, -0.25) is 0 Å². The second-order valence-electron chi connectivity index (χ2n) is 4.71. The molecule has 22 heavy (non-hydrogen) atoms. The molecule has 0 saturated carbocycles. The van der Waals surface area contributed by atoms with Gasteiger partial charge < -0.3 is 18.9 Å². The van der Waals surface area contributed by atoms with Crippen molar-refractivity contribution in [1.82, 2.24) is 4.98 Å². The van der Waals surface area contributed by atoms with E-state index in [1.807, 2.05) is 30.3 Å². The summed E-state index contributed by atoms with van der Waals surface area (Å²) in [6.07, 6.45) is 0. The zero-order valence-corrected chi connectivity index (χ0v) is 13.0. The van der Waals surface area contributed by atoms with E-state index in [9.17, 15) is 0 Å². The van der Waals surface area contributed by atoms with Crippen molar-refractivity contribution in [2.24, 2.45) is 0 Å². The van der Waals surface area contributed by atoms with Crippen molar-refractivity contribution in [3.63, 3.8) is 0 Å². The first-order chi connectivity index (χ1) is 10.7. The van der Waals surface area contributed by atoms with Gasteiger partial charge in [-0.15, -0.1) is 0 Å². The van der Waals surface area contributed by atoms with E-state index in [4.69, 9.17) is 23.9 Å². The van der Waals surface area contributed by atoms with Crippen LogP contribution in [0.3, 0.4) is 0 Å². The van der Waals surface area contributed by atoms with Crippen molar-refractivity contribution in [2.45, 2.75) is 0 Å². The average molecular weight is 299 g/mol. The molecule has 0 fully saturated rings. The lowest BCUT2D eigenvalue weighted by molar-refractivity contribution is 0.309. The molecule has 0 atom stereocenters. The molecular formula is C17H17NO4. The quantitative estimate of drug-likeness (QED) is 0.691. The molecule has 0 aliphatic carbocycles. The Morgan fingerprint density at radius 3 is 1.95 bits per heavy atom. The number of pyridine rings is 1. The normalized spacial score (nSPS) is 10.7. The first-order valence-electron chi connectivity index (χ1n) is 6.80. The van der Waals surface area contributed by atoms with Crippen LogP contribution in [0.4, 0.5) is 0 Å². The Labute approximate surface area is 128 Å². The fourth-order valence-electron chi connectivity index (χ4n) is 2.66. The molecule has 5 nitrogen and oxygen atoms in total. The van der Waals surface area contributed by atoms with E-state index in [1.165, 1.54) is 0 Å². The van der Waals surface area contributed by atoms with Gasteiger partial charge in [0.1, 0.15) is 5.52 Å². The van der Waals surface area contributed by atoms with Gasteiger partial charge in [-0.2, -0.15) is 0 Å². The molecule has 0 N–H and O–H groups in total. The molecule has 2 aromatic carbocycles. The third-order valence-corrected chi connectivity index (χ3v) is 3.62. The third kappa shape index (κ3) is 1.97. The molecule has 1 heterocycles. The number of nitrogens with zero attached hydrogens (tertiary/aromatic N) is 1. The minimum Gasteiger partial charge on any atom is -0.492 e. The van der Waals surface area contributed by atoms with E-state index in [-0.39, 0.29) is 0 Å². The summed E-state index contributed by atoms with van der Waals surface area (Å²) in [5.41, 5.74) is 1.55. The molecule has 0 saturated heterocycles. The van der Waals surface area contributed by atoms with Crippen LogP contribution in [0, 0.1) is 0 Å². The van der Waals surface area contributed by atoms with Crippen LogP contribution in [0.1, 0.15) is 0 Å². The predicted octanol–water partition coefficient (Wildman–Crippen LogP) is 3.42. The maximum atomic E-state index is 5.54. The summed E-state index contributed by atoms with van der Waals surface area (Å²) in [7, 11) is 6.31. The maximum absolute atomic E-state index is 5.54. The summed E-state index contributed by atoms with van der Waals surface area (Å²) in [5.74, 6) is 2.07. The number of rotatable bonds is 4. The second-order valence-corrected chi connectivity index (χ2v) is 4.71. The molecule has 0 spiro atoms. The Hall–Kier alpha value is -2.69. The monoisotopic (exact) mass is 299 g/mol. The van der Waals surface area contributed by atoms with Gasteiger partial charge in [0.25, 0.3) is 0 Å². The Balaban J connectivity index is 2.54. The Kier molecular flexibility index (Phi) is 3.63. The zero-order chi connectivity index (χ0) is 15.7. The number of hydrogen-bond donors (Lipinski definition) is 0. The first-order valence-corrected chi connectivity index (χ1v) is 6.80. The molecule has 0 unspecified atom stereocenters. The van der Waals surface area contributed by atoms with Crippen molar-refractivity contribution in [2.75, 3.05) is 28.4 Å². The van der Waals surface area contributed by atoms with E-state index in [0.29, 0.717) is 28.5 Å². The Morgan fingerprint density at radius 1 is 0.727 bits per heavy atom. The van der Waals surface area contributed by atoms with Crippen LogP contribution in [-0.4, -0.2) is 33.4 Å². The fourth-order valence-corrected chi connectivity index (χ4v) is 2.66. The van der Waals surface area contributed by atoms with Crippen LogP contribution in [0.15, 0.2) is 30.3 Å². The Morgan fingerprint density at radius 2 is 1.32 bits per heavy atom. The number of ether oxygens (including phenoxy) is 4. The number of hydrogen-bond acceptors (Lipinski definition) is 5. The van der Waals surface area contributed by atoms with Crippen molar-refractivity contribution >= 4 is 21.8 Å². The molecule has 1 aromatic heterocycles. The lowest BCUT2D eigenvalue weighted by Gasteiger charge is -2.18. The topological polar surface area (TPSA) is 49.8 Å². The van der Waals surface area contributed by atoms with Gasteiger partial charge in [0.15, 0.2) is 11.5 Å². The van der Waals surface area contributed by atoms with Gasteiger partial charge in [-0.25, -0.2) is 4.98 Å². The lowest BCUT2D eigenvalue weighted by Crippen LogP contribution is -2.00. The van der Waals surface area contributed by atoms with Crippen LogP contribution in [-0.2, 0) is 0 Å². The minimum absolute atomic E-state index is 0.470. The SMILES string of the molecule is COc1c(OC)c(OC)c2nc3ccccc3cc2c1OC. The number of fused-ring (bicyclic) bond motifs is 2. The number of aromatic nitrogens is 1. The standard InChI is InChI=1S/C17H17NO4/c1-19-14-11-9-10-7-5-6-8-12(10)18-13(11)15(20-2)17(22-4)16(14)21-3/h5-9H,1-4H3. The summed E-state index contributed by atoms with van der Waals surface area (Å²) in [4.78, 5) is 4.70.